The fourth-order valence-electron chi connectivity index (χ4n) is 1.62. The first-order valence-electron chi connectivity index (χ1n) is 5.09. The van der Waals surface area contributed by atoms with E-state index in [1.54, 1.807) is 0 Å². The molecule has 0 spiro atoms. The van der Waals surface area contributed by atoms with Gasteiger partial charge in [0.15, 0.2) is 0 Å². The van der Waals surface area contributed by atoms with Crippen LogP contribution < -0.4 is 0 Å². The van der Waals surface area contributed by atoms with Crippen molar-refractivity contribution in [2.45, 2.75) is 20.3 Å². The molecular formula is C12H14N2S. The molecule has 0 saturated carbocycles. The first-order chi connectivity index (χ1) is 7.22. The van der Waals surface area contributed by atoms with Gasteiger partial charge >= 0.3 is 0 Å². The van der Waals surface area contributed by atoms with Gasteiger partial charge in [-0.25, -0.2) is 4.68 Å². The third-order valence-corrected chi connectivity index (χ3v) is 2.81. The van der Waals surface area contributed by atoms with Crippen LogP contribution in [0.3, 0.4) is 0 Å². The molecule has 0 fully saturated rings. The van der Waals surface area contributed by atoms with E-state index >= 15 is 0 Å². The van der Waals surface area contributed by atoms with Crippen LogP contribution in [0.1, 0.15) is 18.2 Å². The van der Waals surface area contributed by atoms with E-state index in [-0.39, 0.29) is 0 Å². The lowest BCUT2D eigenvalue weighted by atomic mass is 10.2. The van der Waals surface area contributed by atoms with Crippen LogP contribution in [0.4, 0.5) is 0 Å². The summed E-state index contributed by atoms with van der Waals surface area (Å²) in [4.78, 5) is 0. The van der Waals surface area contributed by atoms with E-state index in [0.717, 1.165) is 16.7 Å². The monoisotopic (exact) mass is 218 g/mol. The van der Waals surface area contributed by atoms with Crippen LogP contribution in [0, 0.1) is 11.6 Å². The molecule has 2 nitrogen and oxygen atoms in total. The molecule has 2 aromatic rings. The summed E-state index contributed by atoms with van der Waals surface area (Å²) >= 11 is 5.31. The third-order valence-electron chi connectivity index (χ3n) is 2.51. The smallest absolute Gasteiger partial charge is 0.127 e. The molecule has 3 heteroatoms. The summed E-state index contributed by atoms with van der Waals surface area (Å²) in [7, 11) is 0. The van der Waals surface area contributed by atoms with Crippen molar-refractivity contribution in [1.29, 1.82) is 0 Å². The van der Waals surface area contributed by atoms with Gasteiger partial charge in [0.2, 0.25) is 0 Å². The molecule has 0 atom stereocenters. The molecule has 0 unspecified atom stereocenters. The lowest BCUT2D eigenvalue weighted by molar-refractivity contribution is 0.828. The van der Waals surface area contributed by atoms with Gasteiger partial charge in [0, 0.05) is 5.69 Å². The Labute approximate surface area is 94.5 Å². The Morgan fingerprint density at radius 1 is 1.33 bits per heavy atom. The number of hydrogen-bond acceptors (Lipinski definition) is 1. The highest BCUT2D eigenvalue weighted by Crippen LogP contribution is 2.14. The highest BCUT2D eigenvalue weighted by atomic mass is 32.1. The van der Waals surface area contributed by atoms with Gasteiger partial charge in [-0.15, -0.1) is 0 Å². The molecule has 0 amide bonds. The molecule has 1 aromatic carbocycles. The second-order valence-electron chi connectivity index (χ2n) is 3.60. The zero-order valence-electron chi connectivity index (χ0n) is 8.95. The fourth-order valence-corrected chi connectivity index (χ4v) is 1.91. The van der Waals surface area contributed by atoms with E-state index in [0.29, 0.717) is 0 Å². The summed E-state index contributed by atoms with van der Waals surface area (Å²) < 4.78 is 2.80. The first-order valence-corrected chi connectivity index (χ1v) is 5.50. The fraction of sp³-hybridized carbons (Fsp3) is 0.250. The highest BCUT2D eigenvalue weighted by Gasteiger charge is 2.03. The Morgan fingerprint density at radius 3 is 2.67 bits per heavy atom. The standard InChI is InChI=1S/C12H14N2S/c1-3-10-8-12(15)14(13-10)11-7-5-4-6-9(11)2/h4-8,13H,3H2,1-2H3. The van der Waals surface area contributed by atoms with Crippen molar-refractivity contribution < 1.29 is 0 Å². The Bertz CT molecular complexity index is 522. The van der Waals surface area contributed by atoms with Gasteiger partial charge in [-0.1, -0.05) is 37.3 Å². The maximum absolute atomic E-state index is 5.31. The van der Waals surface area contributed by atoms with E-state index in [1.165, 1.54) is 11.3 Å². The number of H-pyrrole nitrogens is 1. The Kier molecular flexibility index (Phi) is 2.73. The summed E-state index contributed by atoms with van der Waals surface area (Å²) in [5.41, 5.74) is 3.52. The van der Waals surface area contributed by atoms with E-state index in [1.807, 2.05) is 22.9 Å². The van der Waals surface area contributed by atoms with Gasteiger partial charge in [-0.05, 0) is 31.0 Å². The molecule has 15 heavy (non-hydrogen) atoms. The molecule has 0 aliphatic heterocycles. The predicted molar refractivity (Wildman–Crippen MR) is 65.1 cm³/mol. The second kappa shape index (κ2) is 4.03. The van der Waals surface area contributed by atoms with E-state index in [4.69, 9.17) is 12.2 Å². The molecule has 0 radical (unpaired) electrons. The van der Waals surface area contributed by atoms with Gasteiger partial charge in [0.1, 0.15) is 4.64 Å². The highest BCUT2D eigenvalue weighted by molar-refractivity contribution is 7.71. The first kappa shape index (κ1) is 10.2. The van der Waals surface area contributed by atoms with Gasteiger partial charge in [-0.2, -0.15) is 0 Å². The number of para-hydroxylation sites is 1. The zero-order chi connectivity index (χ0) is 10.8. The quantitative estimate of drug-likeness (QED) is 0.766. The number of aromatic amines is 1. The number of nitrogens with one attached hydrogen (secondary N) is 1. The molecule has 1 heterocycles. The van der Waals surface area contributed by atoms with Crippen LogP contribution in [0.2, 0.25) is 0 Å². The second-order valence-corrected chi connectivity index (χ2v) is 4.01. The summed E-state index contributed by atoms with van der Waals surface area (Å²) in [6.07, 6.45) is 0.975. The van der Waals surface area contributed by atoms with Gasteiger partial charge < -0.3 is 0 Å². The summed E-state index contributed by atoms with van der Waals surface area (Å²) in [5, 5.41) is 3.30. The average molecular weight is 218 g/mol. The Morgan fingerprint density at radius 2 is 2.07 bits per heavy atom. The molecule has 1 aromatic heterocycles. The molecule has 1 N–H and O–H groups in total. The molecule has 0 bridgehead atoms. The molecule has 78 valence electrons. The number of nitrogens with zero attached hydrogens (tertiary/aromatic N) is 1. The van der Waals surface area contributed by atoms with Crippen LogP contribution in [-0.2, 0) is 6.42 Å². The minimum Gasteiger partial charge on any atom is -0.297 e. The van der Waals surface area contributed by atoms with Gasteiger partial charge in [0.25, 0.3) is 0 Å². The van der Waals surface area contributed by atoms with Crippen LogP contribution in [-0.4, -0.2) is 9.78 Å². The van der Waals surface area contributed by atoms with Gasteiger partial charge in [0.05, 0.1) is 5.69 Å². The van der Waals surface area contributed by atoms with Gasteiger partial charge in [-0.3, -0.25) is 5.10 Å². The lowest BCUT2D eigenvalue weighted by Crippen LogP contribution is -1.99. The molecule has 2 rings (SSSR count). The maximum Gasteiger partial charge on any atom is 0.127 e. The Hall–Kier alpha value is -1.35. The van der Waals surface area contributed by atoms with E-state index < -0.39 is 0 Å². The van der Waals surface area contributed by atoms with Crippen LogP contribution in [0.25, 0.3) is 5.69 Å². The lowest BCUT2D eigenvalue weighted by Gasteiger charge is -2.06. The normalized spacial score (nSPS) is 10.5. The average Bonchev–Trinajstić information content (AvgIpc) is 2.60. The number of aromatic nitrogens is 2. The third kappa shape index (κ3) is 1.88. The number of aryl methyl sites for hydroxylation is 2. The molecule has 0 aliphatic carbocycles. The van der Waals surface area contributed by atoms with E-state index in [2.05, 4.69) is 31.1 Å². The number of rotatable bonds is 2. The van der Waals surface area contributed by atoms with Crippen molar-refractivity contribution in [1.82, 2.24) is 9.78 Å². The van der Waals surface area contributed by atoms with Crippen molar-refractivity contribution >= 4 is 12.2 Å². The molecule has 0 aliphatic rings. The summed E-state index contributed by atoms with van der Waals surface area (Å²) in [5.74, 6) is 0. The van der Waals surface area contributed by atoms with Crippen LogP contribution >= 0.6 is 12.2 Å². The van der Waals surface area contributed by atoms with E-state index in [9.17, 15) is 0 Å². The van der Waals surface area contributed by atoms with Crippen LogP contribution in [0.5, 0.6) is 0 Å². The Balaban J connectivity index is 2.59. The van der Waals surface area contributed by atoms with Crippen molar-refractivity contribution in [3.05, 3.63) is 46.2 Å². The predicted octanol–water partition coefficient (Wildman–Crippen LogP) is 3.41. The van der Waals surface area contributed by atoms with Crippen LogP contribution in [0.15, 0.2) is 30.3 Å². The number of hydrogen-bond donors (Lipinski definition) is 1. The molecular weight excluding hydrogens is 204 g/mol. The van der Waals surface area contributed by atoms with Crippen molar-refractivity contribution in [3.63, 3.8) is 0 Å². The van der Waals surface area contributed by atoms with Crippen molar-refractivity contribution in [3.8, 4) is 5.69 Å². The summed E-state index contributed by atoms with van der Waals surface area (Å²) in [6, 6.07) is 10.2. The topological polar surface area (TPSA) is 20.7 Å². The zero-order valence-corrected chi connectivity index (χ0v) is 9.77. The largest absolute Gasteiger partial charge is 0.297 e. The van der Waals surface area contributed by atoms with Crippen molar-refractivity contribution in [2.75, 3.05) is 0 Å². The SMILES string of the molecule is CCc1cc(=S)n(-c2ccccc2C)[nH]1. The maximum atomic E-state index is 5.31. The van der Waals surface area contributed by atoms with Crippen molar-refractivity contribution in [2.24, 2.45) is 0 Å². The minimum absolute atomic E-state index is 0.834. The summed E-state index contributed by atoms with van der Waals surface area (Å²) in [6.45, 7) is 4.20. The minimum atomic E-state index is 0.834. The number of benzene rings is 1. The molecule has 0 saturated heterocycles.